The molecule has 2 aliphatic rings. The maximum Gasteiger partial charge on any atom is 0.155 e. The Bertz CT molecular complexity index is 664. The second-order valence-electron chi connectivity index (χ2n) is 6.08. The fourth-order valence-corrected chi connectivity index (χ4v) is 3.92. The number of carbonyl (C=O) groups is 1. The normalized spacial score (nSPS) is 23.8. The van der Waals surface area contributed by atoms with Crippen LogP contribution in [0.3, 0.4) is 0 Å². The van der Waals surface area contributed by atoms with E-state index >= 15 is 0 Å². The zero-order valence-corrected chi connectivity index (χ0v) is 12.0. The molecule has 0 spiro atoms. The quantitative estimate of drug-likeness (QED) is 0.829. The largest absolute Gasteiger partial charge is 0.356 e. The number of Topliss-reactive ketones (excluding diaryl/α,β-unsaturated/α-hetero) is 1. The number of nitrogens with zero attached hydrogens (tertiary/aromatic N) is 1. The molecule has 2 aromatic carbocycles. The second-order valence-corrected chi connectivity index (χ2v) is 6.08. The van der Waals surface area contributed by atoms with Gasteiger partial charge in [-0.3, -0.25) is 4.79 Å². The van der Waals surface area contributed by atoms with Crippen LogP contribution in [0.1, 0.15) is 36.3 Å². The summed E-state index contributed by atoms with van der Waals surface area (Å²) in [6.07, 6.45) is 2.91. The van der Waals surface area contributed by atoms with Crippen LogP contribution in [0, 0.1) is 0 Å². The summed E-state index contributed by atoms with van der Waals surface area (Å²) < 4.78 is 0. The molecule has 0 saturated heterocycles. The zero-order chi connectivity index (χ0) is 14.2. The number of anilines is 1. The third-order valence-electron chi connectivity index (χ3n) is 4.83. The summed E-state index contributed by atoms with van der Waals surface area (Å²) in [4.78, 5) is 14.8. The molecule has 0 bridgehead atoms. The van der Waals surface area contributed by atoms with E-state index in [4.69, 9.17) is 0 Å². The molecule has 2 heteroatoms. The lowest BCUT2D eigenvalue weighted by Gasteiger charge is -2.32. The average molecular weight is 277 g/mol. The SMILES string of the molecule is O=C1CCCC2c3ccccc3N(Cc3ccccc3)C12. The molecule has 106 valence electrons. The molecule has 1 saturated carbocycles. The molecule has 1 aliphatic heterocycles. The highest BCUT2D eigenvalue weighted by molar-refractivity contribution is 5.92. The summed E-state index contributed by atoms with van der Waals surface area (Å²) in [5.41, 5.74) is 3.89. The molecule has 2 nitrogen and oxygen atoms in total. The number of hydrogen-bond acceptors (Lipinski definition) is 2. The molecule has 21 heavy (non-hydrogen) atoms. The summed E-state index contributed by atoms with van der Waals surface area (Å²) >= 11 is 0. The Labute approximate surface area is 125 Å². The van der Waals surface area contributed by atoms with Gasteiger partial charge < -0.3 is 4.90 Å². The second kappa shape index (κ2) is 5.03. The van der Waals surface area contributed by atoms with Gasteiger partial charge in [0.15, 0.2) is 5.78 Å². The molecule has 0 N–H and O–H groups in total. The fraction of sp³-hybridized carbons (Fsp3) is 0.316. The smallest absolute Gasteiger partial charge is 0.155 e. The minimum Gasteiger partial charge on any atom is -0.356 e. The topological polar surface area (TPSA) is 20.3 Å². The van der Waals surface area contributed by atoms with Crippen molar-refractivity contribution >= 4 is 11.5 Å². The number of hydrogen-bond donors (Lipinski definition) is 0. The van der Waals surface area contributed by atoms with E-state index in [1.54, 1.807) is 0 Å². The van der Waals surface area contributed by atoms with E-state index in [0.717, 1.165) is 25.8 Å². The summed E-state index contributed by atoms with van der Waals surface area (Å²) in [5, 5.41) is 0. The minimum atomic E-state index is 0.0522. The van der Waals surface area contributed by atoms with Crippen molar-refractivity contribution in [3.63, 3.8) is 0 Å². The lowest BCUT2D eigenvalue weighted by molar-refractivity contribution is -0.122. The van der Waals surface area contributed by atoms with Crippen LogP contribution >= 0.6 is 0 Å². The van der Waals surface area contributed by atoms with E-state index in [0.29, 0.717) is 11.7 Å². The van der Waals surface area contributed by atoms with E-state index in [9.17, 15) is 4.79 Å². The summed E-state index contributed by atoms with van der Waals surface area (Å²) in [5.74, 6) is 0.810. The van der Waals surface area contributed by atoms with Crippen molar-refractivity contribution in [1.29, 1.82) is 0 Å². The third-order valence-corrected chi connectivity index (χ3v) is 4.83. The lowest BCUT2D eigenvalue weighted by Crippen LogP contribution is -2.42. The molecular weight excluding hydrogens is 258 g/mol. The Morgan fingerprint density at radius 1 is 1.00 bits per heavy atom. The van der Waals surface area contributed by atoms with Gasteiger partial charge in [0.2, 0.25) is 0 Å². The summed E-state index contributed by atoms with van der Waals surface area (Å²) in [6, 6.07) is 19.1. The van der Waals surface area contributed by atoms with E-state index < -0.39 is 0 Å². The van der Waals surface area contributed by atoms with E-state index in [-0.39, 0.29) is 6.04 Å². The Morgan fingerprint density at radius 3 is 2.62 bits per heavy atom. The van der Waals surface area contributed by atoms with Crippen molar-refractivity contribution in [1.82, 2.24) is 0 Å². The summed E-state index contributed by atoms with van der Waals surface area (Å²) in [7, 11) is 0. The standard InChI is InChI=1S/C19H19NO/c21-18-12-6-10-16-15-9-4-5-11-17(15)20(19(16)18)13-14-7-2-1-3-8-14/h1-5,7-9,11,16,19H,6,10,12-13H2. The van der Waals surface area contributed by atoms with Gasteiger partial charge in [0.05, 0.1) is 6.04 Å². The van der Waals surface area contributed by atoms with Gasteiger partial charge in [-0.2, -0.15) is 0 Å². The Morgan fingerprint density at radius 2 is 1.76 bits per heavy atom. The van der Waals surface area contributed by atoms with Gasteiger partial charge in [-0.1, -0.05) is 48.5 Å². The lowest BCUT2D eigenvalue weighted by atomic mass is 9.81. The highest BCUT2D eigenvalue weighted by atomic mass is 16.1. The van der Waals surface area contributed by atoms with Crippen molar-refractivity contribution < 1.29 is 4.79 Å². The summed E-state index contributed by atoms with van der Waals surface area (Å²) in [6.45, 7) is 0.824. The molecule has 0 radical (unpaired) electrons. The van der Waals surface area contributed by atoms with Crippen molar-refractivity contribution in [3.8, 4) is 0 Å². The first-order chi connectivity index (χ1) is 10.3. The van der Waals surface area contributed by atoms with Gasteiger partial charge in [0, 0.05) is 24.6 Å². The fourth-order valence-electron chi connectivity index (χ4n) is 3.92. The van der Waals surface area contributed by atoms with E-state index in [1.807, 2.05) is 6.07 Å². The highest BCUT2D eigenvalue weighted by Gasteiger charge is 2.43. The molecule has 2 atom stereocenters. The van der Waals surface area contributed by atoms with Crippen LogP contribution in [0.25, 0.3) is 0 Å². The van der Waals surface area contributed by atoms with Gasteiger partial charge in [0.25, 0.3) is 0 Å². The van der Waals surface area contributed by atoms with Gasteiger partial charge in [-0.15, -0.1) is 0 Å². The number of fused-ring (bicyclic) bond motifs is 3. The number of benzene rings is 2. The van der Waals surface area contributed by atoms with Gasteiger partial charge >= 0.3 is 0 Å². The number of ketones is 1. The molecule has 1 fully saturated rings. The molecule has 1 heterocycles. The monoisotopic (exact) mass is 277 g/mol. The first-order valence-corrected chi connectivity index (χ1v) is 7.77. The Kier molecular flexibility index (Phi) is 3.03. The van der Waals surface area contributed by atoms with Gasteiger partial charge in [-0.05, 0) is 30.0 Å². The Balaban J connectivity index is 1.75. The first-order valence-electron chi connectivity index (χ1n) is 7.77. The molecule has 0 amide bonds. The number of para-hydroxylation sites is 1. The van der Waals surface area contributed by atoms with Crippen LogP contribution in [0.4, 0.5) is 5.69 Å². The predicted octanol–water partition coefficient (Wildman–Crippen LogP) is 3.91. The number of carbonyl (C=O) groups excluding carboxylic acids is 1. The van der Waals surface area contributed by atoms with Crippen molar-refractivity contribution in [2.45, 2.75) is 37.8 Å². The van der Waals surface area contributed by atoms with Crippen LogP contribution < -0.4 is 4.90 Å². The molecule has 4 rings (SSSR count). The van der Waals surface area contributed by atoms with Gasteiger partial charge in [0.1, 0.15) is 0 Å². The Hall–Kier alpha value is -2.09. The van der Waals surface area contributed by atoms with E-state index in [2.05, 4.69) is 53.4 Å². The van der Waals surface area contributed by atoms with Crippen LogP contribution in [0.5, 0.6) is 0 Å². The minimum absolute atomic E-state index is 0.0522. The number of rotatable bonds is 2. The van der Waals surface area contributed by atoms with Crippen LogP contribution in [0.2, 0.25) is 0 Å². The van der Waals surface area contributed by atoms with Crippen LogP contribution in [0.15, 0.2) is 54.6 Å². The average Bonchev–Trinajstić information content (AvgIpc) is 2.84. The molecular formula is C19H19NO. The third kappa shape index (κ3) is 2.06. The van der Waals surface area contributed by atoms with Crippen molar-refractivity contribution in [2.24, 2.45) is 0 Å². The molecule has 2 unspecified atom stereocenters. The van der Waals surface area contributed by atoms with Crippen LogP contribution in [-0.2, 0) is 11.3 Å². The van der Waals surface area contributed by atoms with Crippen LogP contribution in [-0.4, -0.2) is 11.8 Å². The van der Waals surface area contributed by atoms with E-state index in [1.165, 1.54) is 16.8 Å². The van der Waals surface area contributed by atoms with Gasteiger partial charge in [-0.25, -0.2) is 0 Å². The first kappa shape index (κ1) is 12.6. The highest BCUT2D eigenvalue weighted by Crippen LogP contribution is 2.46. The predicted molar refractivity (Wildman–Crippen MR) is 84.5 cm³/mol. The zero-order valence-electron chi connectivity index (χ0n) is 12.0. The van der Waals surface area contributed by atoms with Crippen molar-refractivity contribution in [3.05, 3.63) is 65.7 Å². The van der Waals surface area contributed by atoms with Crippen molar-refractivity contribution in [2.75, 3.05) is 4.90 Å². The molecule has 2 aromatic rings. The maximum absolute atomic E-state index is 12.5. The molecule has 1 aliphatic carbocycles. The maximum atomic E-state index is 12.5. The molecule has 0 aromatic heterocycles.